The highest BCUT2D eigenvalue weighted by atomic mass is 35.5. The van der Waals surface area contributed by atoms with E-state index in [1.807, 2.05) is 29.2 Å². The molecule has 2 aromatic rings. The Labute approximate surface area is 142 Å². The maximum Gasteiger partial charge on any atom is 0.433 e. The highest BCUT2D eigenvalue weighted by Crippen LogP contribution is 2.29. The lowest BCUT2D eigenvalue weighted by atomic mass is 10.2. The number of hydrogen-bond donors (Lipinski definition) is 0. The lowest BCUT2D eigenvalue weighted by molar-refractivity contribution is -0.141. The van der Waals surface area contributed by atoms with Crippen molar-refractivity contribution in [2.75, 3.05) is 31.1 Å². The van der Waals surface area contributed by atoms with Crippen LogP contribution in [0.1, 0.15) is 11.3 Å². The van der Waals surface area contributed by atoms with E-state index in [-0.39, 0.29) is 0 Å². The van der Waals surface area contributed by atoms with Crippen LogP contribution in [0.5, 0.6) is 0 Å². The van der Waals surface area contributed by atoms with E-state index in [1.54, 1.807) is 0 Å². The Morgan fingerprint density at radius 2 is 1.75 bits per heavy atom. The topological polar surface area (TPSA) is 32.3 Å². The van der Waals surface area contributed by atoms with Gasteiger partial charge in [-0.3, -0.25) is 4.90 Å². The van der Waals surface area contributed by atoms with Gasteiger partial charge in [-0.25, -0.2) is 9.97 Å². The summed E-state index contributed by atoms with van der Waals surface area (Å²) < 4.78 is 38.2. The van der Waals surface area contributed by atoms with Gasteiger partial charge in [-0.1, -0.05) is 29.8 Å². The molecule has 24 heavy (non-hydrogen) atoms. The summed E-state index contributed by atoms with van der Waals surface area (Å²) in [5.74, 6) is 0.315. The lowest BCUT2D eigenvalue weighted by Gasteiger charge is -2.35. The fourth-order valence-electron chi connectivity index (χ4n) is 2.68. The average Bonchev–Trinajstić information content (AvgIpc) is 2.57. The molecule has 1 saturated heterocycles. The van der Waals surface area contributed by atoms with E-state index >= 15 is 0 Å². The van der Waals surface area contributed by atoms with Crippen molar-refractivity contribution in [3.8, 4) is 0 Å². The van der Waals surface area contributed by atoms with Gasteiger partial charge in [0.25, 0.3) is 0 Å². The minimum absolute atomic E-state index is 0.315. The van der Waals surface area contributed by atoms with Crippen LogP contribution in [0.4, 0.5) is 19.0 Å². The molecule has 0 amide bonds. The fourth-order valence-corrected chi connectivity index (χ4v) is 2.87. The number of alkyl halides is 3. The molecule has 2 heterocycles. The number of piperazine rings is 1. The largest absolute Gasteiger partial charge is 0.433 e. The second-order valence-corrected chi connectivity index (χ2v) is 6.02. The number of hydrogen-bond acceptors (Lipinski definition) is 4. The summed E-state index contributed by atoms with van der Waals surface area (Å²) in [6.45, 7) is 3.41. The third kappa shape index (κ3) is 3.96. The maximum absolute atomic E-state index is 12.7. The van der Waals surface area contributed by atoms with Gasteiger partial charge in [0, 0.05) is 43.8 Å². The van der Waals surface area contributed by atoms with Gasteiger partial charge < -0.3 is 4.90 Å². The Hall–Kier alpha value is -1.86. The summed E-state index contributed by atoms with van der Waals surface area (Å²) in [4.78, 5) is 11.3. The van der Waals surface area contributed by atoms with Gasteiger partial charge in [0.05, 0.1) is 0 Å². The van der Waals surface area contributed by atoms with Crippen molar-refractivity contribution in [1.82, 2.24) is 14.9 Å². The molecule has 3 rings (SSSR count). The van der Waals surface area contributed by atoms with Crippen molar-refractivity contribution in [2.45, 2.75) is 12.7 Å². The molecule has 0 atom stereocenters. The molecule has 0 bridgehead atoms. The minimum Gasteiger partial charge on any atom is -0.354 e. The number of anilines is 1. The molecule has 1 fully saturated rings. The number of halogens is 4. The Kier molecular flexibility index (Phi) is 4.91. The molecule has 0 spiro atoms. The summed E-state index contributed by atoms with van der Waals surface area (Å²) in [6, 6.07) is 8.67. The molecule has 1 aromatic heterocycles. The monoisotopic (exact) mass is 356 g/mol. The zero-order valence-electron chi connectivity index (χ0n) is 12.8. The van der Waals surface area contributed by atoms with Crippen LogP contribution in [0.15, 0.2) is 36.7 Å². The first-order chi connectivity index (χ1) is 11.4. The highest BCUT2D eigenvalue weighted by molar-refractivity contribution is 6.31. The van der Waals surface area contributed by atoms with Crippen LogP contribution in [0.25, 0.3) is 0 Å². The maximum atomic E-state index is 12.7. The minimum atomic E-state index is -4.45. The van der Waals surface area contributed by atoms with E-state index in [2.05, 4.69) is 14.9 Å². The zero-order chi connectivity index (χ0) is 17.2. The Balaban J connectivity index is 1.62. The van der Waals surface area contributed by atoms with Crippen LogP contribution in [0, 0.1) is 0 Å². The number of aromatic nitrogens is 2. The zero-order valence-corrected chi connectivity index (χ0v) is 13.6. The molecule has 1 aromatic carbocycles. The van der Waals surface area contributed by atoms with Gasteiger partial charge in [-0.05, 0) is 11.6 Å². The fraction of sp³-hybridized carbons (Fsp3) is 0.375. The van der Waals surface area contributed by atoms with Crippen molar-refractivity contribution in [3.63, 3.8) is 0 Å². The Morgan fingerprint density at radius 3 is 2.42 bits per heavy atom. The summed E-state index contributed by atoms with van der Waals surface area (Å²) >= 11 is 6.17. The van der Waals surface area contributed by atoms with Gasteiger partial charge in [0.1, 0.15) is 17.8 Å². The van der Waals surface area contributed by atoms with E-state index in [9.17, 15) is 13.2 Å². The second kappa shape index (κ2) is 6.94. The van der Waals surface area contributed by atoms with E-state index < -0.39 is 11.9 Å². The van der Waals surface area contributed by atoms with Gasteiger partial charge in [0.15, 0.2) is 0 Å². The van der Waals surface area contributed by atoms with Crippen molar-refractivity contribution in [3.05, 3.63) is 52.9 Å². The summed E-state index contributed by atoms with van der Waals surface area (Å²) in [5.41, 5.74) is 0.139. The van der Waals surface area contributed by atoms with Crippen molar-refractivity contribution >= 4 is 17.4 Å². The summed E-state index contributed by atoms with van der Waals surface area (Å²) in [5, 5.41) is 0.727. The molecule has 0 aliphatic carbocycles. The van der Waals surface area contributed by atoms with Crippen LogP contribution >= 0.6 is 11.6 Å². The van der Waals surface area contributed by atoms with Crippen LogP contribution in [0.2, 0.25) is 5.02 Å². The van der Waals surface area contributed by atoms with Gasteiger partial charge in [-0.15, -0.1) is 0 Å². The van der Waals surface area contributed by atoms with Gasteiger partial charge in [-0.2, -0.15) is 13.2 Å². The van der Waals surface area contributed by atoms with E-state index in [0.29, 0.717) is 18.9 Å². The summed E-state index contributed by atoms with van der Waals surface area (Å²) in [7, 11) is 0. The summed E-state index contributed by atoms with van der Waals surface area (Å²) in [6.07, 6.45) is -3.49. The number of rotatable bonds is 3. The third-order valence-electron chi connectivity index (χ3n) is 3.99. The van der Waals surface area contributed by atoms with E-state index in [1.165, 1.54) is 0 Å². The van der Waals surface area contributed by atoms with Gasteiger partial charge >= 0.3 is 6.18 Å². The van der Waals surface area contributed by atoms with Crippen LogP contribution in [-0.2, 0) is 12.7 Å². The van der Waals surface area contributed by atoms with Gasteiger partial charge in [0.2, 0.25) is 0 Å². The molecule has 1 aliphatic rings. The highest BCUT2D eigenvalue weighted by Gasteiger charge is 2.33. The SMILES string of the molecule is FC(F)(F)c1cc(N2CCN(Cc3ccccc3Cl)CC2)ncn1. The lowest BCUT2D eigenvalue weighted by Crippen LogP contribution is -2.46. The van der Waals surface area contributed by atoms with E-state index in [4.69, 9.17) is 11.6 Å². The van der Waals surface area contributed by atoms with Crippen molar-refractivity contribution in [2.24, 2.45) is 0 Å². The first-order valence-electron chi connectivity index (χ1n) is 7.53. The average molecular weight is 357 g/mol. The Morgan fingerprint density at radius 1 is 1.04 bits per heavy atom. The molecule has 0 saturated carbocycles. The molecule has 1 aliphatic heterocycles. The van der Waals surface area contributed by atoms with Crippen LogP contribution in [0.3, 0.4) is 0 Å². The number of benzene rings is 1. The molecule has 4 nitrogen and oxygen atoms in total. The molecule has 0 unspecified atom stereocenters. The van der Waals surface area contributed by atoms with Crippen molar-refractivity contribution < 1.29 is 13.2 Å². The standard InChI is InChI=1S/C16H16ClF3N4/c17-13-4-2-1-3-12(13)10-23-5-7-24(8-6-23)15-9-14(16(18,19)20)21-11-22-15/h1-4,9,11H,5-8,10H2. The van der Waals surface area contributed by atoms with Crippen molar-refractivity contribution in [1.29, 1.82) is 0 Å². The van der Waals surface area contributed by atoms with Crippen LogP contribution < -0.4 is 4.90 Å². The smallest absolute Gasteiger partial charge is 0.354 e. The molecule has 0 N–H and O–H groups in total. The molecular weight excluding hydrogens is 341 g/mol. The molecule has 0 radical (unpaired) electrons. The predicted molar refractivity (Wildman–Crippen MR) is 86.0 cm³/mol. The molecular formula is C16H16ClF3N4. The third-order valence-corrected chi connectivity index (χ3v) is 4.36. The molecule has 128 valence electrons. The number of nitrogens with zero attached hydrogens (tertiary/aromatic N) is 4. The van der Waals surface area contributed by atoms with Crippen LogP contribution in [-0.4, -0.2) is 41.0 Å². The predicted octanol–water partition coefficient (Wildman–Crippen LogP) is 3.47. The second-order valence-electron chi connectivity index (χ2n) is 5.61. The van der Waals surface area contributed by atoms with E-state index in [0.717, 1.165) is 42.6 Å². The quantitative estimate of drug-likeness (QED) is 0.843. The normalized spacial score (nSPS) is 16.4. The first-order valence-corrected chi connectivity index (χ1v) is 7.91. The first kappa shape index (κ1) is 17.0. The Bertz CT molecular complexity index is 700. The molecule has 8 heteroatoms.